The van der Waals surface area contributed by atoms with E-state index in [0.717, 1.165) is 35.8 Å². The molecule has 138 valence electrons. The van der Waals surface area contributed by atoms with Crippen LogP contribution in [0.15, 0.2) is 28.8 Å². The van der Waals surface area contributed by atoms with E-state index >= 15 is 0 Å². The number of piperidine rings is 1. The number of hydrogen-bond acceptors (Lipinski definition) is 5. The van der Waals surface area contributed by atoms with E-state index in [1.54, 1.807) is 0 Å². The average molecular weight is 355 g/mol. The van der Waals surface area contributed by atoms with Gasteiger partial charge in [0.15, 0.2) is 11.5 Å². The molecular formula is C20H25N3O3. The normalized spacial score (nSPS) is 19.3. The summed E-state index contributed by atoms with van der Waals surface area (Å²) < 4.78 is 11.2. The highest BCUT2D eigenvalue weighted by atomic mass is 16.5. The molecule has 0 saturated carbocycles. The second-order valence-electron chi connectivity index (χ2n) is 7.28. The SMILES string of the molecule is C[C@H]1CCCN(CCCNC(=O)c2noc3c2COc2ccccc2-3)C1. The number of hydrogen-bond donors (Lipinski definition) is 1. The smallest absolute Gasteiger partial charge is 0.273 e. The van der Waals surface area contributed by atoms with Gasteiger partial charge in [-0.3, -0.25) is 4.79 Å². The van der Waals surface area contributed by atoms with Crippen molar-refractivity contribution < 1.29 is 14.1 Å². The van der Waals surface area contributed by atoms with E-state index in [2.05, 4.69) is 22.3 Å². The molecule has 4 rings (SSSR count). The van der Waals surface area contributed by atoms with Crippen LogP contribution in [0.4, 0.5) is 0 Å². The van der Waals surface area contributed by atoms with Crippen molar-refractivity contribution in [3.8, 4) is 17.1 Å². The first-order chi connectivity index (χ1) is 12.7. The average Bonchev–Trinajstić information content (AvgIpc) is 3.10. The minimum atomic E-state index is -0.190. The zero-order valence-corrected chi connectivity index (χ0v) is 15.2. The van der Waals surface area contributed by atoms with Gasteiger partial charge in [-0.1, -0.05) is 24.2 Å². The zero-order valence-electron chi connectivity index (χ0n) is 15.2. The van der Waals surface area contributed by atoms with Gasteiger partial charge < -0.3 is 19.5 Å². The number of rotatable bonds is 5. The van der Waals surface area contributed by atoms with E-state index in [4.69, 9.17) is 9.26 Å². The first-order valence-electron chi connectivity index (χ1n) is 9.43. The van der Waals surface area contributed by atoms with Crippen molar-refractivity contribution in [2.75, 3.05) is 26.2 Å². The predicted molar refractivity (Wildman–Crippen MR) is 98.1 cm³/mol. The molecule has 6 heteroatoms. The molecule has 0 aliphatic carbocycles. The number of likely N-dealkylation sites (tertiary alicyclic amines) is 1. The van der Waals surface area contributed by atoms with E-state index in [1.165, 1.54) is 25.9 Å². The van der Waals surface area contributed by atoms with Crippen LogP contribution in [0.25, 0.3) is 11.3 Å². The lowest BCUT2D eigenvalue weighted by molar-refractivity contribution is 0.0939. The Kier molecular flexibility index (Phi) is 4.93. The number of nitrogens with zero attached hydrogens (tertiary/aromatic N) is 2. The summed E-state index contributed by atoms with van der Waals surface area (Å²) in [5.41, 5.74) is 1.91. The van der Waals surface area contributed by atoms with Crippen molar-refractivity contribution in [3.05, 3.63) is 35.5 Å². The van der Waals surface area contributed by atoms with Crippen molar-refractivity contribution in [1.82, 2.24) is 15.4 Å². The minimum absolute atomic E-state index is 0.190. The topological polar surface area (TPSA) is 67.6 Å². The quantitative estimate of drug-likeness (QED) is 0.835. The summed E-state index contributed by atoms with van der Waals surface area (Å²) in [5, 5.41) is 6.96. The van der Waals surface area contributed by atoms with Gasteiger partial charge in [0.25, 0.3) is 5.91 Å². The van der Waals surface area contributed by atoms with Gasteiger partial charge in [-0.05, 0) is 50.4 Å². The summed E-state index contributed by atoms with van der Waals surface area (Å²) in [6.07, 6.45) is 3.55. The highest BCUT2D eigenvalue weighted by molar-refractivity contribution is 5.95. The molecule has 0 bridgehead atoms. The van der Waals surface area contributed by atoms with Crippen molar-refractivity contribution in [3.63, 3.8) is 0 Å². The molecule has 0 spiro atoms. The van der Waals surface area contributed by atoms with Crippen molar-refractivity contribution in [1.29, 1.82) is 0 Å². The number of fused-ring (bicyclic) bond motifs is 3. The van der Waals surface area contributed by atoms with Crippen LogP contribution in [0, 0.1) is 5.92 Å². The molecule has 1 aromatic carbocycles. The fourth-order valence-corrected chi connectivity index (χ4v) is 3.84. The van der Waals surface area contributed by atoms with Gasteiger partial charge in [0.2, 0.25) is 0 Å². The van der Waals surface area contributed by atoms with Gasteiger partial charge >= 0.3 is 0 Å². The standard InChI is InChI=1S/C20H25N3O3/c1-14-6-4-10-23(12-14)11-5-9-21-20(24)18-16-13-25-17-8-3-2-7-15(17)19(16)26-22-18/h2-3,7-8,14H,4-6,9-13H2,1H3,(H,21,24)/t14-/m0/s1. The Morgan fingerprint density at radius 1 is 1.38 bits per heavy atom. The Morgan fingerprint density at radius 2 is 2.27 bits per heavy atom. The maximum atomic E-state index is 12.5. The fraction of sp³-hybridized carbons (Fsp3) is 0.500. The maximum absolute atomic E-state index is 12.5. The number of para-hydroxylation sites is 1. The highest BCUT2D eigenvalue weighted by Gasteiger charge is 2.28. The number of ether oxygens (including phenoxy) is 1. The Morgan fingerprint density at radius 3 is 3.15 bits per heavy atom. The summed E-state index contributed by atoms with van der Waals surface area (Å²) in [6.45, 7) is 6.63. The monoisotopic (exact) mass is 355 g/mol. The molecule has 0 radical (unpaired) electrons. The number of nitrogens with one attached hydrogen (secondary N) is 1. The lowest BCUT2D eigenvalue weighted by Crippen LogP contribution is -2.36. The molecule has 1 aromatic heterocycles. The summed E-state index contributed by atoms with van der Waals surface area (Å²) in [6, 6.07) is 7.64. The zero-order chi connectivity index (χ0) is 17.9. The second-order valence-corrected chi connectivity index (χ2v) is 7.28. The molecule has 6 nitrogen and oxygen atoms in total. The van der Waals surface area contributed by atoms with Crippen LogP contribution in [0.5, 0.6) is 5.75 Å². The van der Waals surface area contributed by atoms with Crippen molar-refractivity contribution in [2.45, 2.75) is 32.8 Å². The number of carbonyl (C=O) groups is 1. The predicted octanol–water partition coefficient (Wildman–Crippen LogP) is 3.09. The number of amides is 1. The van der Waals surface area contributed by atoms with Gasteiger partial charge in [-0.25, -0.2) is 0 Å². The van der Waals surface area contributed by atoms with Gasteiger partial charge in [-0.2, -0.15) is 0 Å². The van der Waals surface area contributed by atoms with Crippen LogP contribution in [-0.4, -0.2) is 42.1 Å². The van der Waals surface area contributed by atoms with Crippen molar-refractivity contribution in [2.24, 2.45) is 5.92 Å². The molecule has 26 heavy (non-hydrogen) atoms. The lowest BCUT2D eigenvalue weighted by Gasteiger charge is -2.30. The van der Waals surface area contributed by atoms with Crippen molar-refractivity contribution >= 4 is 5.91 Å². The number of aromatic nitrogens is 1. The van der Waals surface area contributed by atoms with Crippen LogP contribution in [0.3, 0.4) is 0 Å². The number of benzene rings is 1. The van der Waals surface area contributed by atoms with Gasteiger partial charge in [-0.15, -0.1) is 0 Å². The minimum Gasteiger partial charge on any atom is -0.488 e. The van der Waals surface area contributed by atoms with E-state index < -0.39 is 0 Å². The second kappa shape index (κ2) is 7.50. The van der Waals surface area contributed by atoms with Gasteiger partial charge in [0.1, 0.15) is 12.4 Å². The summed E-state index contributed by atoms with van der Waals surface area (Å²) in [5.74, 6) is 1.99. The van der Waals surface area contributed by atoms with E-state index in [0.29, 0.717) is 24.6 Å². The van der Waals surface area contributed by atoms with Crippen LogP contribution >= 0.6 is 0 Å². The van der Waals surface area contributed by atoms with Crippen LogP contribution in [0.1, 0.15) is 42.2 Å². The number of carbonyl (C=O) groups excluding carboxylic acids is 1. The Bertz CT molecular complexity index is 786. The van der Waals surface area contributed by atoms with Crippen LogP contribution < -0.4 is 10.1 Å². The largest absolute Gasteiger partial charge is 0.488 e. The fourth-order valence-electron chi connectivity index (χ4n) is 3.84. The van der Waals surface area contributed by atoms with Gasteiger partial charge in [0, 0.05) is 13.1 Å². The first-order valence-corrected chi connectivity index (χ1v) is 9.43. The molecule has 1 N–H and O–H groups in total. The molecule has 2 aromatic rings. The van der Waals surface area contributed by atoms with Gasteiger partial charge in [0.05, 0.1) is 11.1 Å². The molecule has 2 aliphatic heterocycles. The highest BCUT2D eigenvalue weighted by Crippen LogP contribution is 2.38. The molecule has 1 atom stereocenters. The first kappa shape index (κ1) is 17.1. The Labute approximate surface area is 153 Å². The lowest BCUT2D eigenvalue weighted by atomic mass is 10.0. The molecule has 2 aliphatic rings. The van der Waals surface area contributed by atoms with E-state index in [-0.39, 0.29) is 5.91 Å². The molecular weight excluding hydrogens is 330 g/mol. The summed E-state index contributed by atoms with van der Waals surface area (Å²) in [4.78, 5) is 15.0. The third-order valence-corrected chi connectivity index (χ3v) is 5.18. The third kappa shape index (κ3) is 3.46. The maximum Gasteiger partial charge on any atom is 0.273 e. The molecule has 3 heterocycles. The molecule has 1 saturated heterocycles. The van der Waals surface area contributed by atoms with E-state index in [1.807, 2.05) is 24.3 Å². The Hall–Kier alpha value is -2.34. The molecule has 1 amide bonds. The summed E-state index contributed by atoms with van der Waals surface area (Å²) >= 11 is 0. The summed E-state index contributed by atoms with van der Waals surface area (Å²) in [7, 11) is 0. The molecule has 1 fully saturated rings. The molecule has 0 unspecified atom stereocenters. The Balaban J connectivity index is 1.33. The third-order valence-electron chi connectivity index (χ3n) is 5.18. The van der Waals surface area contributed by atoms with Crippen LogP contribution in [0.2, 0.25) is 0 Å². The van der Waals surface area contributed by atoms with Crippen LogP contribution in [-0.2, 0) is 6.61 Å². The van der Waals surface area contributed by atoms with E-state index in [9.17, 15) is 4.79 Å².